The third-order valence-electron chi connectivity index (χ3n) is 4.21. The highest BCUT2D eigenvalue weighted by molar-refractivity contribution is 7.10. The second-order valence-electron chi connectivity index (χ2n) is 5.95. The summed E-state index contributed by atoms with van der Waals surface area (Å²) in [5.41, 5.74) is 0. The maximum absolute atomic E-state index is 12.5. The minimum absolute atomic E-state index is 0.0375. The molecule has 3 rings (SSSR count). The number of thiophene rings is 1. The van der Waals surface area contributed by atoms with Crippen molar-refractivity contribution in [2.75, 3.05) is 19.8 Å². The molecule has 4 nitrogen and oxygen atoms in total. The van der Waals surface area contributed by atoms with Gasteiger partial charge in [-0.25, -0.2) is 0 Å². The second-order valence-corrected chi connectivity index (χ2v) is 6.93. The van der Waals surface area contributed by atoms with Gasteiger partial charge in [-0.2, -0.15) is 0 Å². The number of carbonyl (C=O) groups excluding carboxylic acids is 1. The molecular weight excluding hydrogens is 284 g/mol. The molecule has 1 aliphatic carbocycles. The molecule has 2 atom stereocenters. The zero-order valence-corrected chi connectivity index (χ0v) is 13.4. The predicted molar refractivity (Wildman–Crippen MR) is 84.1 cm³/mol. The van der Waals surface area contributed by atoms with Crippen LogP contribution in [-0.2, 0) is 9.53 Å². The Labute approximate surface area is 130 Å². The van der Waals surface area contributed by atoms with Crippen LogP contribution < -0.4 is 5.32 Å². The fourth-order valence-electron chi connectivity index (χ4n) is 2.77. The Morgan fingerprint density at radius 2 is 2.33 bits per heavy atom. The number of ether oxygens (including phenoxy) is 1. The van der Waals surface area contributed by atoms with Crippen molar-refractivity contribution in [3.63, 3.8) is 0 Å². The van der Waals surface area contributed by atoms with Crippen LogP contribution in [0.15, 0.2) is 17.5 Å². The molecule has 1 aliphatic heterocycles. The molecule has 0 aromatic carbocycles. The van der Waals surface area contributed by atoms with Crippen LogP contribution in [0.25, 0.3) is 0 Å². The summed E-state index contributed by atoms with van der Waals surface area (Å²) in [5.74, 6) is 1.04. The monoisotopic (exact) mass is 308 g/mol. The van der Waals surface area contributed by atoms with Crippen LogP contribution in [0.4, 0.5) is 0 Å². The van der Waals surface area contributed by atoms with Gasteiger partial charge in [0.2, 0.25) is 5.91 Å². The zero-order chi connectivity index (χ0) is 14.7. The van der Waals surface area contributed by atoms with Gasteiger partial charge in [-0.3, -0.25) is 10.1 Å². The average molecular weight is 308 g/mol. The lowest BCUT2D eigenvalue weighted by Crippen LogP contribution is -2.32. The molecule has 1 aromatic heterocycles. The lowest BCUT2D eigenvalue weighted by atomic mass is 10.2. The highest BCUT2D eigenvalue weighted by atomic mass is 32.1. The van der Waals surface area contributed by atoms with Gasteiger partial charge in [-0.15, -0.1) is 11.3 Å². The lowest BCUT2D eigenvalue weighted by Gasteiger charge is -2.23. The van der Waals surface area contributed by atoms with Gasteiger partial charge in [0, 0.05) is 24.6 Å². The molecule has 0 bridgehead atoms. The van der Waals surface area contributed by atoms with E-state index >= 15 is 0 Å². The minimum atomic E-state index is -0.0375. The van der Waals surface area contributed by atoms with Crippen LogP contribution in [-0.4, -0.2) is 36.6 Å². The molecule has 0 radical (unpaired) electrons. The molecular formula is C16H24N2O2S. The summed E-state index contributed by atoms with van der Waals surface area (Å²) in [6.45, 7) is 4.49. The first kappa shape index (κ1) is 15.0. The highest BCUT2D eigenvalue weighted by Gasteiger charge is 2.38. The second kappa shape index (κ2) is 6.90. The van der Waals surface area contributed by atoms with E-state index < -0.39 is 0 Å². The molecule has 1 saturated carbocycles. The molecule has 21 heavy (non-hydrogen) atoms. The Morgan fingerprint density at radius 1 is 1.48 bits per heavy atom. The summed E-state index contributed by atoms with van der Waals surface area (Å²) in [7, 11) is 0. The SMILES string of the molecule is CCC1NC(c2cccs2)N(CCCOCC2CC2)C1=O. The van der Waals surface area contributed by atoms with E-state index in [9.17, 15) is 4.79 Å². The van der Waals surface area contributed by atoms with Crippen LogP contribution in [0.3, 0.4) is 0 Å². The van der Waals surface area contributed by atoms with E-state index in [1.54, 1.807) is 11.3 Å². The summed E-state index contributed by atoms with van der Waals surface area (Å²) in [6, 6.07) is 4.11. The van der Waals surface area contributed by atoms with E-state index in [0.717, 1.165) is 38.5 Å². The molecule has 5 heteroatoms. The Kier molecular flexibility index (Phi) is 4.93. The van der Waals surface area contributed by atoms with Gasteiger partial charge in [0.1, 0.15) is 6.17 Å². The molecule has 1 saturated heterocycles. The number of amides is 1. The fourth-order valence-corrected chi connectivity index (χ4v) is 3.56. The molecule has 2 aliphatic rings. The van der Waals surface area contributed by atoms with Crippen molar-refractivity contribution in [3.8, 4) is 0 Å². The molecule has 2 fully saturated rings. The largest absolute Gasteiger partial charge is 0.381 e. The van der Waals surface area contributed by atoms with E-state index in [1.165, 1.54) is 17.7 Å². The van der Waals surface area contributed by atoms with Gasteiger partial charge in [0.25, 0.3) is 0 Å². The number of nitrogens with zero attached hydrogens (tertiary/aromatic N) is 1. The molecule has 116 valence electrons. The van der Waals surface area contributed by atoms with Gasteiger partial charge in [0.05, 0.1) is 6.04 Å². The summed E-state index contributed by atoms with van der Waals surface area (Å²) in [6.07, 6.45) is 4.46. The van der Waals surface area contributed by atoms with Crippen molar-refractivity contribution in [3.05, 3.63) is 22.4 Å². The Bertz CT molecular complexity index is 459. The van der Waals surface area contributed by atoms with Crippen molar-refractivity contribution in [2.45, 2.75) is 44.8 Å². The lowest BCUT2D eigenvalue weighted by molar-refractivity contribution is -0.130. The summed E-state index contributed by atoms with van der Waals surface area (Å²) in [5, 5.41) is 5.53. The van der Waals surface area contributed by atoms with Gasteiger partial charge in [0.15, 0.2) is 0 Å². The maximum Gasteiger partial charge on any atom is 0.241 e. The van der Waals surface area contributed by atoms with Crippen LogP contribution in [0, 0.1) is 5.92 Å². The van der Waals surface area contributed by atoms with E-state index in [2.05, 4.69) is 23.7 Å². The van der Waals surface area contributed by atoms with E-state index in [0.29, 0.717) is 0 Å². The van der Waals surface area contributed by atoms with Crippen LogP contribution in [0.5, 0.6) is 0 Å². The number of rotatable bonds is 8. The smallest absolute Gasteiger partial charge is 0.241 e. The Morgan fingerprint density at radius 3 is 3.00 bits per heavy atom. The van der Waals surface area contributed by atoms with Crippen molar-refractivity contribution in [1.82, 2.24) is 10.2 Å². The molecule has 1 amide bonds. The Balaban J connectivity index is 1.52. The standard InChI is InChI=1S/C16H24N2O2S/c1-2-13-16(19)18(8-4-9-20-11-12-6-7-12)15(17-13)14-5-3-10-21-14/h3,5,10,12-13,15,17H,2,4,6-9,11H2,1H3. The van der Waals surface area contributed by atoms with Crippen molar-refractivity contribution < 1.29 is 9.53 Å². The van der Waals surface area contributed by atoms with Gasteiger partial charge < -0.3 is 9.64 Å². The normalized spacial score (nSPS) is 25.8. The number of carbonyl (C=O) groups is 1. The first-order chi connectivity index (χ1) is 10.3. The molecule has 1 N–H and O–H groups in total. The van der Waals surface area contributed by atoms with Gasteiger partial charge in [-0.05, 0) is 43.0 Å². The molecule has 2 unspecified atom stereocenters. The minimum Gasteiger partial charge on any atom is -0.381 e. The number of nitrogens with one attached hydrogen (secondary N) is 1. The third-order valence-corrected chi connectivity index (χ3v) is 5.14. The van der Waals surface area contributed by atoms with Crippen molar-refractivity contribution >= 4 is 17.2 Å². The van der Waals surface area contributed by atoms with Crippen molar-refractivity contribution in [2.24, 2.45) is 5.92 Å². The highest BCUT2D eigenvalue weighted by Crippen LogP contribution is 2.30. The molecule has 2 heterocycles. The summed E-state index contributed by atoms with van der Waals surface area (Å²) < 4.78 is 5.68. The van der Waals surface area contributed by atoms with Crippen LogP contribution in [0.2, 0.25) is 0 Å². The van der Waals surface area contributed by atoms with E-state index in [-0.39, 0.29) is 18.1 Å². The summed E-state index contributed by atoms with van der Waals surface area (Å²) >= 11 is 1.71. The van der Waals surface area contributed by atoms with E-state index in [1.807, 2.05) is 11.0 Å². The van der Waals surface area contributed by atoms with Gasteiger partial charge >= 0.3 is 0 Å². The fraction of sp³-hybridized carbons (Fsp3) is 0.688. The first-order valence-corrected chi connectivity index (χ1v) is 8.85. The number of hydrogen-bond donors (Lipinski definition) is 1. The van der Waals surface area contributed by atoms with Crippen molar-refractivity contribution in [1.29, 1.82) is 0 Å². The first-order valence-electron chi connectivity index (χ1n) is 7.97. The molecule has 1 aromatic rings. The van der Waals surface area contributed by atoms with Crippen LogP contribution in [0.1, 0.15) is 43.6 Å². The quantitative estimate of drug-likeness (QED) is 0.751. The number of hydrogen-bond acceptors (Lipinski definition) is 4. The molecule has 0 spiro atoms. The van der Waals surface area contributed by atoms with Crippen LogP contribution >= 0.6 is 11.3 Å². The topological polar surface area (TPSA) is 41.6 Å². The maximum atomic E-state index is 12.5. The average Bonchev–Trinajstić information content (AvgIpc) is 3.04. The summed E-state index contributed by atoms with van der Waals surface area (Å²) in [4.78, 5) is 15.7. The third kappa shape index (κ3) is 3.65. The predicted octanol–water partition coefficient (Wildman–Crippen LogP) is 2.77. The van der Waals surface area contributed by atoms with Gasteiger partial charge in [-0.1, -0.05) is 13.0 Å². The zero-order valence-electron chi connectivity index (χ0n) is 12.6. The van der Waals surface area contributed by atoms with E-state index in [4.69, 9.17) is 4.74 Å². The Hall–Kier alpha value is -0.910.